The Hall–Kier alpha value is -1.59. The lowest BCUT2D eigenvalue weighted by Gasteiger charge is -2.25. The van der Waals surface area contributed by atoms with Crippen molar-refractivity contribution < 1.29 is 9.53 Å². The van der Waals surface area contributed by atoms with Gasteiger partial charge in [0.15, 0.2) is 0 Å². The van der Waals surface area contributed by atoms with Gasteiger partial charge in [-0.05, 0) is 45.0 Å². The molecule has 0 bridgehead atoms. The van der Waals surface area contributed by atoms with Crippen molar-refractivity contribution in [3.05, 3.63) is 36.2 Å². The third-order valence-corrected chi connectivity index (χ3v) is 3.59. The molecular weight excluding hydrogens is 266 g/mol. The number of carbonyl (C=O) groups excluding carboxylic acids is 1. The monoisotopic (exact) mass is 291 g/mol. The number of ether oxygens (including phenoxy) is 1. The lowest BCUT2D eigenvalue weighted by atomic mass is 10.1. The smallest absolute Gasteiger partial charge is 0.267 e. The molecule has 0 atom stereocenters. The van der Waals surface area contributed by atoms with Gasteiger partial charge < -0.3 is 19.9 Å². The fourth-order valence-corrected chi connectivity index (χ4v) is 2.56. The van der Waals surface area contributed by atoms with Gasteiger partial charge in [0.2, 0.25) is 0 Å². The number of rotatable bonds is 7. The molecule has 0 aromatic carbocycles. The molecule has 2 heterocycles. The minimum absolute atomic E-state index is 0.0301. The van der Waals surface area contributed by atoms with E-state index in [1.54, 1.807) is 0 Å². The van der Waals surface area contributed by atoms with Gasteiger partial charge in [-0.25, -0.2) is 0 Å². The average molecular weight is 291 g/mol. The van der Waals surface area contributed by atoms with Crippen molar-refractivity contribution in [2.45, 2.75) is 25.8 Å². The molecule has 1 aliphatic rings. The van der Waals surface area contributed by atoms with E-state index in [1.807, 2.05) is 25.3 Å². The lowest BCUT2D eigenvalue weighted by Crippen LogP contribution is -2.33. The fraction of sp³-hybridized carbons (Fsp3) is 0.562. The molecule has 1 fully saturated rings. The molecule has 1 aromatic heterocycles. The molecular formula is C16H25N3O2. The molecule has 5 heteroatoms. The minimum atomic E-state index is -0.0301. The third-order valence-electron chi connectivity index (χ3n) is 3.59. The van der Waals surface area contributed by atoms with Gasteiger partial charge in [0.05, 0.1) is 13.2 Å². The molecule has 2 N–H and O–H groups in total. The van der Waals surface area contributed by atoms with Crippen LogP contribution < -0.4 is 10.6 Å². The van der Waals surface area contributed by atoms with Gasteiger partial charge in [-0.1, -0.05) is 12.2 Å². The normalized spacial score (nSPS) is 15.9. The topological polar surface area (TPSA) is 55.3 Å². The molecule has 0 aliphatic carbocycles. The molecule has 0 unspecified atom stereocenters. The second-order valence-electron chi connectivity index (χ2n) is 5.55. The Morgan fingerprint density at radius 1 is 1.52 bits per heavy atom. The Morgan fingerprint density at radius 3 is 3.00 bits per heavy atom. The molecule has 5 nitrogen and oxygen atoms in total. The molecule has 1 aromatic rings. The van der Waals surface area contributed by atoms with Gasteiger partial charge >= 0.3 is 0 Å². The van der Waals surface area contributed by atoms with Gasteiger partial charge in [-0.3, -0.25) is 4.79 Å². The third kappa shape index (κ3) is 4.72. The van der Waals surface area contributed by atoms with Crippen LogP contribution in [0.1, 0.15) is 36.3 Å². The van der Waals surface area contributed by atoms with Crippen LogP contribution in [0.25, 0.3) is 0 Å². The van der Waals surface area contributed by atoms with E-state index in [0.717, 1.165) is 37.2 Å². The second kappa shape index (κ2) is 8.00. The number of nitrogens with zero attached hydrogens (tertiary/aromatic N) is 1. The van der Waals surface area contributed by atoms with Crippen molar-refractivity contribution in [1.29, 1.82) is 0 Å². The highest BCUT2D eigenvalue weighted by Gasteiger charge is 2.19. The quantitative estimate of drug-likeness (QED) is 0.594. The molecule has 116 valence electrons. The average Bonchev–Trinajstić information content (AvgIpc) is 2.97. The Morgan fingerprint density at radius 2 is 2.29 bits per heavy atom. The summed E-state index contributed by atoms with van der Waals surface area (Å²) >= 11 is 0. The van der Waals surface area contributed by atoms with Crippen molar-refractivity contribution >= 4 is 5.91 Å². The number of nitrogens with one attached hydrogen (secondary N) is 2. The van der Waals surface area contributed by atoms with Gasteiger partial charge in [0, 0.05) is 18.8 Å². The van der Waals surface area contributed by atoms with E-state index in [0.29, 0.717) is 25.8 Å². The predicted molar refractivity (Wildman–Crippen MR) is 83.5 cm³/mol. The second-order valence-corrected chi connectivity index (χ2v) is 5.55. The van der Waals surface area contributed by atoms with Crippen LogP contribution in [0.15, 0.2) is 30.5 Å². The van der Waals surface area contributed by atoms with Crippen LogP contribution in [0.2, 0.25) is 0 Å². The molecule has 21 heavy (non-hydrogen) atoms. The van der Waals surface area contributed by atoms with Crippen molar-refractivity contribution in [2.75, 3.05) is 32.8 Å². The highest BCUT2D eigenvalue weighted by molar-refractivity contribution is 5.92. The maximum absolute atomic E-state index is 12.2. The number of aromatic nitrogens is 1. The van der Waals surface area contributed by atoms with E-state index in [1.165, 1.54) is 0 Å². The van der Waals surface area contributed by atoms with E-state index >= 15 is 0 Å². The van der Waals surface area contributed by atoms with Crippen molar-refractivity contribution in [3.63, 3.8) is 0 Å². The van der Waals surface area contributed by atoms with E-state index in [9.17, 15) is 4.79 Å². The maximum Gasteiger partial charge on any atom is 0.267 e. The highest BCUT2D eigenvalue weighted by atomic mass is 16.5. The minimum Gasteiger partial charge on any atom is -0.375 e. The molecule has 0 spiro atoms. The fourth-order valence-electron chi connectivity index (χ4n) is 2.56. The molecule has 0 saturated carbocycles. The van der Waals surface area contributed by atoms with Crippen molar-refractivity contribution in [3.8, 4) is 0 Å². The standard InChI is InChI=1S/C16H25N3O2/c1-13(2)12-21-11-9-18-16(20)15-4-3-10-19(15)14-5-7-17-8-6-14/h3-4,10,14,17H,1,5-9,11-12H2,2H3,(H,18,20). The largest absolute Gasteiger partial charge is 0.375 e. The maximum atomic E-state index is 12.2. The first-order valence-corrected chi connectivity index (χ1v) is 7.56. The molecule has 1 aliphatic heterocycles. The van der Waals surface area contributed by atoms with Crippen LogP contribution in [0, 0.1) is 0 Å². The van der Waals surface area contributed by atoms with Gasteiger partial charge in [0.25, 0.3) is 5.91 Å². The Balaban J connectivity index is 1.82. The molecule has 0 radical (unpaired) electrons. The number of piperidine rings is 1. The van der Waals surface area contributed by atoms with Gasteiger partial charge in [-0.15, -0.1) is 0 Å². The zero-order valence-electron chi connectivity index (χ0n) is 12.7. The number of hydrogen-bond acceptors (Lipinski definition) is 3. The van der Waals surface area contributed by atoms with Crippen LogP contribution in [-0.2, 0) is 4.74 Å². The summed E-state index contributed by atoms with van der Waals surface area (Å²) in [6, 6.07) is 4.24. The Bertz CT molecular complexity index is 476. The summed E-state index contributed by atoms with van der Waals surface area (Å²) in [5, 5.41) is 6.25. The number of hydrogen-bond donors (Lipinski definition) is 2. The van der Waals surface area contributed by atoms with Crippen LogP contribution >= 0.6 is 0 Å². The van der Waals surface area contributed by atoms with Crippen LogP contribution in [0.3, 0.4) is 0 Å². The SMILES string of the molecule is C=C(C)COCCNC(=O)c1cccn1C1CCNCC1. The van der Waals surface area contributed by atoms with Crippen molar-refractivity contribution in [1.82, 2.24) is 15.2 Å². The summed E-state index contributed by atoms with van der Waals surface area (Å²) in [6.45, 7) is 9.28. The summed E-state index contributed by atoms with van der Waals surface area (Å²) in [5.74, 6) is -0.0301. The molecule has 1 amide bonds. The summed E-state index contributed by atoms with van der Waals surface area (Å²) in [6.07, 6.45) is 4.13. The Labute approximate surface area is 126 Å². The highest BCUT2D eigenvalue weighted by Crippen LogP contribution is 2.21. The first kappa shape index (κ1) is 15.8. The number of amides is 1. The van der Waals surface area contributed by atoms with Crippen molar-refractivity contribution in [2.24, 2.45) is 0 Å². The first-order valence-electron chi connectivity index (χ1n) is 7.56. The van der Waals surface area contributed by atoms with E-state index < -0.39 is 0 Å². The van der Waals surface area contributed by atoms with E-state index in [4.69, 9.17) is 4.74 Å². The van der Waals surface area contributed by atoms with Gasteiger partial charge in [0.1, 0.15) is 5.69 Å². The predicted octanol–water partition coefficient (Wildman–Crippen LogP) is 1.74. The summed E-state index contributed by atoms with van der Waals surface area (Å²) in [4.78, 5) is 12.2. The summed E-state index contributed by atoms with van der Waals surface area (Å²) in [5.41, 5.74) is 1.72. The molecule has 1 saturated heterocycles. The zero-order valence-corrected chi connectivity index (χ0v) is 12.7. The first-order chi connectivity index (χ1) is 10.2. The summed E-state index contributed by atoms with van der Waals surface area (Å²) in [7, 11) is 0. The summed E-state index contributed by atoms with van der Waals surface area (Å²) < 4.78 is 7.48. The lowest BCUT2D eigenvalue weighted by molar-refractivity contribution is 0.0914. The van der Waals surface area contributed by atoms with Crippen LogP contribution in [-0.4, -0.2) is 43.3 Å². The van der Waals surface area contributed by atoms with E-state index in [-0.39, 0.29) is 5.91 Å². The van der Waals surface area contributed by atoms with E-state index in [2.05, 4.69) is 21.8 Å². The van der Waals surface area contributed by atoms with Crippen LogP contribution in [0.5, 0.6) is 0 Å². The zero-order chi connectivity index (χ0) is 15.1. The molecule has 2 rings (SSSR count). The Kier molecular flexibility index (Phi) is 6.02. The number of carbonyl (C=O) groups is 1. The van der Waals surface area contributed by atoms with Crippen LogP contribution in [0.4, 0.5) is 0 Å². The van der Waals surface area contributed by atoms with Gasteiger partial charge in [-0.2, -0.15) is 0 Å².